The van der Waals surface area contributed by atoms with Gasteiger partial charge in [0.05, 0.1) is 6.04 Å². The maximum absolute atomic E-state index is 5.77. The molecule has 0 saturated heterocycles. The van der Waals surface area contributed by atoms with Crippen molar-refractivity contribution in [2.75, 3.05) is 0 Å². The van der Waals surface area contributed by atoms with E-state index in [1.165, 1.54) is 6.33 Å². The summed E-state index contributed by atoms with van der Waals surface area (Å²) in [4.78, 5) is 3.87. The van der Waals surface area contributed by atoms with E-state index in [9.17, 15) is 0 Å². The van der Waals surface area contributed by atoms with Gasteiger partial charge in [-0.1, -0.05) is 18.2 Å². The third kappa shape index (κ3) is 2.17. The summed E-state index contributed by atoms with van der Waals surface area (Å²) in [6.45, 7) is 5.72. The third-order valence-electron chi connectivity index (χ3n) is 1.72. The molecule has 0 aliphatic heterocycles. The van der Waals surface area contributed by atoms with Gasteiger partial charge in [-0.2, -0.15) is 4.98 Å². The van der Waals surface area contributed by atoms with Crippen LogP contribution in [-0.4, -0.2) is 10.1 Å². The van der Waals surface area contributed by atoms with Gasteiger partial charge in [0.2, 0.25) is 5.89 Å². The molecule has 0 radical (unpaired) electrons. The van der Waals surface area contributed by atoms with Crippen LogP contribution in [0.15, 0.2) is 23.5 Å². The molecule has 1 rings (SSSR count). The Labute approximate surface area is 71.5 Å². The topological polar surface area (TPSA) is 64.9 Å². The lowest BCUT2D eigenvalue weighted by atomic mass is 10.0. The summed E-state index contributed by atoms with van der Waals surface area (Å²) in [5.74, 6) is 0.857. The molecule has 0 saturated carbocycles. The van der Waals surface area contributed by atoms with Crippen LogP contribution >= 0.6 is 0 Å². The Balaban J connectivity index is 2.49. The molecule has 2 N–H and O–H groups in total. The van der Waals surface area contributed by atoms with Crippen molar-refractivity contribution in [1.82, 2.24) is 10.1 Å². The van der Waals surface area contributed by atoms with Gasteiger partial charge >= 0.3 is 0 Å². The van der Waals surface area contributed by atoms with Crippen LogP contribution in [-0.2, 0) is 0 Å². The molecule has 2 atom stereocenters. The Kier molecular flexibility index (Phi) is 2.99. The molecule has 1 heterocycles. The van der Waals surface area contributed by atoms with Gasteiger partial charge in [-0.15, -0.1) is 6.58 Å². The maximum Gasteiger partial charge on any atom is 0.243 e. The zero-order chi connectivity index (χ0) is 8.97. The summed E-state index contributed by atoms with van der Waals surface area (Å²) in [6, 6.07) is -0.180. The van der Waals surface area contributed by atoms with E-state index < -0.39 is 0 Å². The van der Waals surface area contributed by atoms with Crippen LogP contribution < -0.4 is 5.73 Å². The molecule has 0 fully saturated rings. The predicted octanol–water partition coefficient (Wildman–Crippen LogP) is 1.28. The van der Waals surface area contributed by atoms with Gasteiger partial charge in [0, 0.05) is 0 Å². The zero-order valence-corrected chi connectivity index (χ0v) is 7.10. The van der Waals surface area contributed by atoms with Gasteiger partial charge in [0.1, 0.15) is 0 Å². The van der Waals surface area contributed by atoms with E-state index in [0.29, 0.717) is 11.8 Å². The number of rotatable bonds is 4. The molecule has 0 aliphatic carbocycles. The fourth-order valence-corrected chi connectivity index (χ4v) is 0.943. The molecule has 12 heavy (non-hydrogen) atoms. The summed E-state index contributed by atoms with van der Waals surface area (Å²) in [5, 5.41) is 3.48. The van der Waals surface area contributed by atoms with Crippen LogP contribution in [0, 0.1) is 5.92 Å². The standard InChI is InChI=1S/C8H13N3O/c1-3-6(2)4-7(9)8-10-5-11-12-8/h3,5-7H,1,4,9H2,2H3. The minimum atomic E-state index is -0.180. The molecule has 1 aromatic heterocycles. The van der Waals surface area contributed by atoms with Crippen LogP contribution in [0.5, 0.6) is 0 Å². The van der Waals surface area contributed by atoms with E-state index >= 15 is 0 Å². The SMILES string of the molecule is C=CC(C)CC(N)c1ncno1. The number of hydrogen-bond donors (Lipinski definition) is 1. The summed E-state index contributed by atoms with van der Waals surface area (Å²) >= 11 is 0. The Morgan fingerprint density at radius 1 is 1.83 bits per heavy atom. The number of nitrogens with two attached hydrogens (primary N) is 1. The van der Waals surface area contributed by atoms with Crippen molar-refractivity contribution in [3.63, 3.8) is 0 Å². The molecule has 0 aromatic carbocycles. The van der Waals surface area contributed by atoms with E-state index in [1.54, 1.807) is 0 Å². The zero-order valence-electron chi connectivity index (χ0n) is 7.10. The lowest BCUT2D eigenvalue weighted by Gasteiger charge is -2.09. The highest BCUT2D eigenvalue weighted by atomic mass is 16.5. The van der Waals surface area contributed by atoms with Gasteiger partial charge in [-0.25, -0.2) is 0 Å². The van der Waals surface area contributed by atoms with Gasteiger partial charge in [-0.3, -0.25) is 0 Å². The van der Waals surface area contributed by atoms with Crippen molar-refractivity contribution in [2.24, 2.45) is 11.7 Å². The minimum absolute atomic E-state index is 0.180. The Morgan fingerprint density at radius 3 is 3.08 bits per heavy atom. The first-order chi connectivity index (χ1) is 5.74. The molecule has 4 nitrogen and oxygen atoms in total. The van der Waals surface area contributed by atoms with Crippen LogP contribution in [0.2, 0.25) is 0 Å². The predicted molar refractivity (Wildman–Crippen MR) is 45.2 cm³/mol. The molecule has 0 bridgehead atoms. The lowest BCUT2D eigenvalue weighted by Crippen LogP contribution is -2.13. The second-order valence-corrected chi connectivity index (χ2v) is 2.83. The number of hydrogen-bond acceptors (Lipinski definition) is 4. The van der Waals surface area contributed by atoms with E-state index in [-0.39, 0.29) is 6.04 Å². The number of allylic oxidation sites excluding steroid dienone is 1. The van der Waals surface area contributed by atoms with Crippen molar-refractivity contribution in [3.8, 4) is 0 Å². The highest BCUT2D eigenvalue weighted by molar-refractivity contribution is 4.88. The van der Waals surface area contributed by atoms with Crippen molar-refractivity contribution in [1.29, 1.82) is 0 Å². The molecule has 0 spiro atoms. The second kappa shape index (κ2) is 4.01. The molecule has 0 amide bonds. The second-order valence-electron chi connectivity index (χ2n) is 2.83. The summed E-state index contributed by atoms with van der Waals surface area (Å²) in [5.41, 5.74) is 5.77. The van der Waals surface area contributed by atoms with Crippen LogP contribution in [0.25, 0.3) is 0 Å². The maximum atomic E-state index is 5.77. The minimum Gasteiger partial charge on any atom is -0.338 e. The molecular weight excluding hydrogens is 154 g/mol. The largest absolute Gasteiger partial charge is 0.338 e. The number of aromatic nitrogens is 2. The van der Waals surface area contributed by atoms with E-state index in [4.69, 9.17) is 10.3 Å². The van der Waals surface area contributed by atoms with Crippen molar-refractivity contribution in [2.45, 2.75) is 19.4 Å². The average molecular weight is 167 g/mol. The molecular formula is C8H13N3O. The van der Waals surface area contributed by atoms with Crippen LogP contribution in [0.3, 0.4) is 0 Å². The fraction of sp³-hybridized carbons (Fsp3) is 0.500. The molecule has 1 aromatic rings. The van der Waals surface area contributed by atoms with E-state index in [0.717, 1.165) is 6.42 Å². The first kappa shape index (κ1) is 8.93. The van der Waals surface area contributed by atoms with E-state index in [2.05, 4.69) is 16.7 Å². The highest BCUT2D eigenvalue weighted by Crippen LogP contribution is 2.16. The first-order valence-corrected chi connectivity index (χ1v) is 3.88. The highest BCUT2D eigenvalue weighted by Gasteiger charge is 2.13. The van der Waals surface area contributed by atoms with Gasteiger partial charge in [0.25, 0.3) is 0 Å². The van der Waals surface area contributed by atoms with Gasteiger partial charge in [-0.05, 0) is 12.3 Å². The fourth-order valence-electron chi connectivity index (χ4n) is 0.943. The average Bonchev–Trinajstić information content (AvgIpc) is 2.56. The van der Waals surface area contributed by atoms with Crippen molar-refractivity contribution in [3.05, 3.63) is 24.9 Å². The van der Waals surface area contributed by atoms with Gasteiger partial charge < -0.3 is 10.3 Å². The smallest absolute Gasteiger partial charge is 0.243 e. The van der Waals surface area contributed by atoms with Crippen LogP contribution in [0.1, 0.15) is 25.3 Å². The third-order valence-corrected chi connectivity index (χ3v) is 1.72. The van der Waals surface area contributed by atoms with Gasteiger partial charge in [0.15, 0.2) is 6.33 Å². The summed E-state index contributed by atoms with van der Waals surface area (Å²) in [6.07, 6.45) is 4.00. The molecule has 0 aliphatic rings. The Morgan fingerprint density at radius 2 is 2.58 bits per heavy atom. The normalized spacial score (nSPS) is 15.5. The number of nitrogens with zero attached hydrogens (tertiary/aromatic N) is 2. The first-order valence-electron chi connectivity index (χ1n) is 3.88. The quantitative estimate of drug-likeness (QED) is 0.686. The van der Waals surface area contributed by atoms with Crippen molar-refractivity contribution >= 4 is 0 Å². The molecule has 2 unspecified atom stereocenters. The Bertz CT molecular complexity index is 232. The molecule has 66 valence electrons. The Hall–Kier alpha value is -1.16. The summed E-state index contributed by atoms with van der Waals surface area (Å²) < 4.78 is 4.82. The molecule has 4 heteroatoms. The van der Waals surface area contributed by atoms with Crippen LogP contribution in [0.4, 0.5) is 0 Å². The monoisotopic (exact) mass is 167 g/mol. The summed E-state index contributed by atoms with van der Waals surface area (Å²) in [7, 11) is 0. The van der Waals surface area contributed by atoms with E-state index in [1.807, 2.05) is 13.0 Å². The van der Waals surface area contributed by atoms with Crippen molar-refractivity contribution < 1.29 is 4.52 Å². The lowest BCUT2D eigenvalue weighted by molar-refractivity contribution is 0.339.